The van der Waals surface area contributed by atoms with Crippen LogP contribution in [0.2, 0.25) is 0 Å². The molecule has 0 fully saturated rings. The van der Waals surface area contributed by atoms with Gasteiger partial charge in [-0.3, -0.25) is 4.79 Å². The van der Waals surface area contributed by atoms with Crippen molar-refractivity contribution in [2.45, 2.75) is 6.92 Å². The summed E-state index contributed by atoms with van der Waals surface area (Å²) >= 11 is 0. The molecule has 3 amide bonds. The molecule has 0 radical (unpaired) electrons. The molecule has 0 aliphatic carbocycles. The zero-order valence-electron chi connectivity index (χ0n) is 12.2. The second-order valence-corrected chi connectivity index (χ2v) is 4.52. The van der Waals surface area contributed by atoms with Crippen molar-refractivity contribution >= 4 is 29.0 Å². The van der Waals surface area contributed by atoms with Crippen molar-refractivity contribution in [1.29, 1.82) is 0 Å². The number of nitrogens with one attached hydrogen (secondary N) is 3. The third kappa shape index (κ3) is 4.79. The molecule has 0 atom stereocenters. The molecular weight excluding hydrogens is 278 g/mol. The minimum Gasteiger partial charge on any atom is -0.322 e. The molecule has 5 nitrogen and oxygen atoms in total. The topological polar surface area (TPSA) is 70.2 Å². The number of rotatable bonds is 4. The number of allylic oxidation sites excluding steroid dienone is 1. The molecular formula is C17H17N3O2. The first-order valence-corrected chi connectivity index (χ1v) is 6.84. The standard InChI is InChI=1S/C17H17N3O2/c1-2-7-16(21)18-14-10-6-11-15(12-14)20-17(22)19-13-8-4-3-5-9-13/h2-12H,1H3,(H,18,21)(H2,19,20,22)/b7-2+. The lowest BCUT2D eigenvalue weighted by molar-refractivity contribution is -0.111. The van der Waals surface area contributed by atoms with Gasteiger partial charge in [0.2, 0.25) is 5.91 Å². The summed E-state index contributed by atoms with van der Waals surface area (Å²) < 4.78 is 0. The Morgan fingerprint density at radius 3 is 2.09 bits per heavy atom. The number of hydrogen-bond donors (Lipinski definition) is 3. The molecule has 2 aromatic carbocycles. The van der Waals surface area contributed by atoms with Crippen molar-refractivity contribution in [1.82, 2.24) is 0 Å². The van der Waals surface area contributed by atoms with Crippen molar-refractivity contribution in [2.24, 2.45) is 0 Å². The zero-order valence-corrected chi connectivity index (χ0v) is 12.2. The second-order valence-electron chi connectivity index (χ2n) is 4.52. The normalized spacial score (nSPS) is 10.2. The van der Waals surface area contributed by atoms with Gasteiger partial charge in [0.25, 0.3) is 0 Å². The van der Waals surface area contributed by atoms with Crippen molar-refractivity contribution in [3.63, 3.8) is 0 Å². The maximum atomic E-state index is 11.9. The van der Waals surface area contributed by atoms with Crippen LogP contribution in [0, 0.1) is 0 Å². The lowest BCUT2D eigenvalue weighted by atomic mass is 10.2. The van der Waals surface area contributed by atoms with Crippen LogP contribution in [0.4, 0.5) is 21.9 Å². The Morgan fingerprint density at radius 1 is 0.818 bits per heavy atom. The van der Waals surface area contributed by atoms with E-state index in [1.807, 2.05) is 18.2 Å². The highest BCUT2D eigenvalue weighted by Gasteiger charge is 2.04. The van der Waals surface area contributed by atoms with Crippen LogP contribution in [0.25, 0.3) is 0 Å². The molecule has 0 aliphatic rings. The van der Waals surface area contributed by atoms with E-state index in [0.717, 1.165) is 0 Å². The number of para-hydroxylation sites is 1. The molecule has 2 aromatic rings. The van der Waals surface area contributed by atoms with Gasteiger partial charge >= 0.3 is 6.03 Å². The largest absolute Gasteiger partial charge is 0.323 e. The summed E-state index contributed by atoms with van der Waals surface area (Å²) in [4.78, 5) is 23.4. The van der Waals surface area contributed by atoms with Crippen LogP contribution in [0.15, 0.2) is 66.7 Å². The zero-order chi connectivity index (χ0) is 15.8. The van der Waals surface area contributed by atoms with Crippen molar-refractivity contribution in [3.8, 4) is 0 Å². The number of anilines is 3. The Morgan fingerprint density at radius 2 is 1.41 bits per heavy atom. The van der Waals surface area contributed by atoms with Gasteiger partial charge in [0.1, 0.15) is 0 Å². The van der Waals surface area contributed by atoms with Gasteiger partial charge in [-0.25, -0.2) is 4.79 Å². The molecule has 2 rings (SSSR count). The fourth-order valence-electron chi connectivity index (χ4n) is 1.82. The number of amides is 3. The Labute approximate surface area is 129 Å². The molecule has 0 saturated carbocycles. The van der Waals surface area contributed by atoms with Crippen LogP contribution < -0.4 is 16.0 Å². The minimum atomic E-state index is -0.344. The molecule has 0 saturated heterocycles. The van der Waals surface area contributed by atoms with E-state index in [1.165, 1.54) is 6.08 Å². The molecule has 0 aromatic heterocycles. The van der Waals surface area contributed by atoms with Gasteiger partial charge in [0.05, 0.1) is 0 Å². The fraction of sp³-hybridized carbons (Fsp3) is 0.0588. The summed E-state index contributed by atoms with van der Waals surface area (Å²) in [6.45, 7) is 1.77. The molecule has 0 aliphatic heterocycles. The van der Waals surface area contributed by atoms with E-state index in [1.54, 1.807) is 49.4 Å². The van der Waals surface area contributed by atoms with Gasteiger partial charge in [-0.05, 0) is 43.3 Å². The second kappa shape index (κ2) is 7.64. The van der Waals surface area contributed by atoms with Crippen LogP contribution in [0.3, 0.4) is 0 Å². The van der Waals surface area contributed by atoms with E-state index in [4.69, 9.17) is 0 Å². The van der Waals surface area contributed by atoms with E-state index in [0.29, 0.717) is 17.1 Å². The molecule has 3 N–H and O–H groups in total. The van der Waals surface area contributed by atoms with Crippen LogP contribution in [-0.4, -0.2) is 11.9 Å². The van der Waals surface area contributed by atoms with Gasteiger partial charge in [0.15, 0.2) is 0 Å². The number of carbonyl (C=O) groups is 2. The summed E-state index contributed by atoms with van der Waals surface area (Å²) in [5.74, 6) is -0.214. The first-order chi connectivity index (χ1) is 10.7. The monoisotopic (exact) mass is 295 g/mol. The van der Waals surface area contributed by atoms with Crippen molar-refractivity contribution < 1.29 is 9.59 Å². The first kappa shape index (κ1) is 15.3. The number of urea groups is 1. The van der Waals surface area contributed by atoms with Crippen LogP contribution in [-0.2, 0) is 4.79 Å². The summed E-state index contributed by atoms with van der Waals surface area (Å²) in [5.41, 5.74) is 1.91. The smallest absolute Gasteiger partial charge is 0.322 e. The van der Waals surface area contributed by atoms with E-state index in [9.17, 15) is 9.59 Å². The van der Waals surface area contributed by atoms with Gasteiger partial charge in [-0.1, -0.05) is 30.3 Å². The predicted octanol–water partition coefficient (Wildman–Crippen LogP) is 3.85. The Bertz CT molecular complexity index is 681. The number of hydrogen-bond acceptors (Lipinski definition) is 2. The Kier molecular flexibility index (Phi) is 5.31. The maximum absolute atomic E-state index is 11.9. The Balaban J connectivity index is 1.98. The van der Waals surface area contributed by atoms with E-state index in [-0.39, 0.29) is 11.9 Å². The maximum Gasteiger partial charge on any atom is 0.323 e. The molecule has 5 heteroatoms. The highest BCUT2D eigenvalue weighted by molar-refractivity contribution is 6.01. The highest BCUT2D eigenvalue weighted by atomic mass is 16.2. The average Bonchev–Trinajstić information content (AvgIpc) is 2.48. The predicted molar refractivity (Wildman–Crippen MR) is 89.0 cm³/mol. The minimum absolute atomic E-state index is 0.214. The number of carbonyl (C=O) groups excluding carboxylic acids is 2. The molecule has 112 valence electrons. The average molecular weight is 295 g/mol. The van der Waals surface area contributed by atoms with Crippen LogP contribution >= 0.6 is 0 Å². The summed E-state index contributed by atoms with van der Waals surface area (Å²) in [7, 11) is 0. The van der Waals surface area contributed by atoms with Gasteiger partial charge in [-0.15, -0.1) is 0 Å². The van der Waals surface area contributed by atoms with E-state index in [2.05, 4.69) is 16.0 Å². The van der Waals surface area contributed by atoms with Crippen LogP contribution in [0.1, 0.15) is 6.92 Å². The van der Waals surface area contributed by atoms with E-state index >= 15 is 0 Å². The highest BCUT2D eigenvalue weighted by Crippen LogP contribution is 2.15. The quantitative estimate of drug-likeness (QED) is 0.750. The SMILES string of the molecule is C/C=C/C(=O)Nc1cccc(NC(=O)Nc2ccccc2)c1. The molecule has 0 bridgehead atoms. The third-order valence-corrected chi connectivity index (χ3v) is 2.74. The summed E-state index contributed by atoms with van der Waals surface area (Å²) in [6.07, 6.45) is 3.09. The number of benzene rings is 2. The van der Waals surface area contributed by atoms with Gasteiger partial charge in [-0.2, -0.15) is 0 Å². The van der Waals surface area contributed by atoms with Crippen LogP contribution in [0.5, 0.6) is 0 Å². The van der Waals surface area contributed by atoms with Crippen molar-refractivity contribution in [2.75, 3.05) is 16.0 Å². The third-order valence-electron chi connectivity index (χ3n) is 2.74. The fourth-order valence-corrected chi connectivity index (χ4v) is 1.82. The summed E-state index contributed by atoms with van der Waals surface area (Å²) in [6, 6.07) is 15.7. The first-order valence-electron chi connectivity index (χ1n) is 6.84. The van der Waals surface area contributed by atoms with Gasteiger partial charge in [0, 0.05) is 17.1 Å². The Hall–Kier alpha value is -3.08. The summed E-state index contributed by atoms with van der Waals surface area (Å²) in [5, 5.41) is 8.15. The van der Waals surface area contributed by atoms with Gasteiger partial charge < -0.3 is 16.0 Å². The lowest BCUT2D eigenvalue weighted by Crippen LogP contribution is -2.19. The van der Waals surface area contributed by atoms with E-state index < -0.39 is 0 Å². The molecule has 0 heterocycles. The molecule has 22 heavy (non-hydrogen) atoms. The molecule has 0 unspecified atom stereocenters. The van der Waals surface area contributed by atoms with Crippen molar-refractivity contribution in [3.05, 3.63) is 66.7 Å². The lowest BCUT2D eigenvalue weighted by Gasteiger charge is -2.09. The molecule has 0 spiro atoms.